The van der Waals surface area contributed by atoms with E-state index in [9.17, 15) is 5.11 Å². The third-order valence-electron chi connectivity index (χ3n) is 3.26. The molecule has 1 aliphatic rings. The summed E-state index contributed by atoms with van der Waals surface area (Å²) < 4.78 is 21.6. The lowest BCUT2D eigenvalue weighted by atomic mass is 10.0. The van der Waals surface area contributed by atoms with Crippen molar-refractivity contribution >= 4 is 0 Å². The van der Waals surface area contributed by atoms with Crippen molar-refractivity contribution < 1.29 is 24.1 Å². The van der Waals surface area contributed by atoms with Crippen molar-refractivity contribution in [2.24, 2.45) is 0 Å². The van der Waals surface area contributed by atoms with E-state index in [2.05, 4.69) is 0 Å². The maximum absolute atomic E-state index is 9.77. The Morgan fingerprint density at radius 2 is 1.89 bits per heavy atom. The van der Waals surface area contributed by atoms with Gasteiger partial charge in [0.2, 0.25) is 0 Å². The van der Waals surface area contributed by atoms with E-state index in [1.54, 1.807) is 7.11 Å². The summed E-state index contributed by atoms with van der Waals surface area (Å²) in [6.45, 7) is 0.731. The summed E-state index contributed by atoms with van der Waals surface area (Å²) in [6, 6.07) is 9.84. The molecule has 1 aromatic carbocycles. The van der Waals surface area contributed by atoms with Crippen molar-refractivity contribution in [2.75, 3.05) is 20.8 Å². The molecule has 5 heteroatoms. The van der Waals surface area contributed by atoms with Gasteiger partial charge in [0.15, 0.2) is 6.29 Å². The molecule has 2 rings (SSSR count). The van der Waals surface area contributed by atoms with Gasteiger partial charge < -0.3 is 24.1 Å². The van der Waals surface area contributed by atoms with E-state index in [4.69, 9.17) is 18.9 Å². The molecule has 5 nitrogen and oxygen atoms in total. The number of hydrogen-bond acceptors (Lipinski definition) is 5. The summed E-state index contributed by atoms with van der Waals surface area (Å²) in [7, 11) is 3.12. The fourth-order valence-corrected chi connectivity index (χ4v) is 2.18. The Morgan fingerprint density at radius 1 is 1.16 bits per heavy atom. The first-order valence-electron chi connectivity index (χ1n) is 6.27. The third-order valence-corrected chi connectivity index (χ3v) is 3.26. The van der Waals surface area contributed by atoms with Gasteiger partial charge in [0.05, 0.1) is 13.2 Å². The van der Waals surface area contributed by atoms with Gasteiger partial charge >= 0.3 is 0 Å². The van der Waals surface area contributed by atoms with Gasteiger partial charge in [-0.1, -0.05) is 30.3 Å². The van der Waals surface area contributed by atoms with Gasteiger partial charge in [-0.25, -0.2) is 0 Å². The molecule has 0 saturated carbocycles. The molecule has 1 fully saturated rings. The molecule has 0 radical (unpaired) electrons. The van der Waals surface area contributed by atoms with Crippen LogP contribution in [0.4, 0.5) is 0 Å². The van der Waals surface area contributed by atoms with Crippen LogP contribution in [0.2, 0.25) is 0 Å². The standard InChI is InChI=1S/C14H20O5/c1-16-11-9-19-14(15)13(17-2)12(11)18-8-10-6-4-3-5-7-10/h3-7,11-15H,8-9H2,1-2H3. The molecular weight excluding hydrogens is 248 g/mol. The van der Waals surface area contributed by atoms with Crippen LogP contribution < -0.4 is 0 Å². The molecule has 0 aromatic heterocycles. The average Bonchev–Trinajstić information content (AvgIpc) is 2.46. The Labute approximate surface area is 113 Å². The van der Waals surface area contributed by atoms with Gasteiger partial charge in [-0.2, -0.15) is 0 Å². The van der Waals surface area contributed by atoms with Crippen molar-refractivity contribution in [3.63, 3.8) is 0 Å². The fourth-order valence-electron chi connectivity index (χ4n) is 2.18. The minimum absolute atomic E-state index is 0.253. The summed E-state index contributed by atoms with van der Waals surface area (Å²) in [5.74, 6) is 0. The van der Waals surface area contributed by atoms with Crippen LogP contribution in [-0.2, 0) is 25.6 Å². The third kappa shape index (κ3) is 3.52. The Hall–Kier alpha value is -0.980. The van der Waals surface area contributed by atoms with E-state index in [1.165, 1.54) is 7.11 Å². The van der Waals surface area contributed by atoms with Crippen LogP contribution in [0, 0.1) is 0 Å². The fraction of sp³-hybridized carbons (Fsp3) is 0.571. The van der Waals surface area contributed by atoms with Crippen LogP contribution in [0.1, 0.15) is 5.56 Å². The molecule has 4 atom stereocenters. The minimum Gasteiger partial charge on any atom is -0.376 e. The van der Waals surface area contributed by atoms with Crippen LogP contribution in [-0.4, -0.2) is 50.5 Å². The summed E-state index contributed by atoms with van der Waals surface area (Å²) in [5, 5.41) is 9.77. The van der Waals surface area contributed by atoms with Crippen LogP contribution >= 0.6 is 0 Å². The van der Waals surface area contributed by atoms with Crippen LogP contribution in [0.5, 0.6) is 0 Å². The smallest absolute Gasteiger partial charge is 0.183 e. The molecular formula is C14H20O5. The van der Waals surface area contributed by atoms with E-state index in [-0.39, 0.29) is 18.8 Å². The summed E-state index contributed by atoms with van der Waals surface area (Å²) >= 11 is 0. The highest BCUT2D eigenvalue weighted by atomic mass is 16.7. The Morgan fingerprint density at radius 3 is 2.53 bits per heavy atom. The van der Waals surface area contributed by atoms with Crippen molar-refractivity contribution in [1.82, 2.24) is 0 Å². The SMILES string of the molecule is COC1COC(O)C(OC)C1OCc1ccccc1. The Balaban J connectivity index is 2.01. The predicted octanol–water partition coefficient (Wildman–Crippen LogP) is 0.950. The monoisotopic (exact) mass is 268 g/mol. The lowest BCUT2D eigenvalue weighted by Gasteiger charge is -2.38. The number of aliphatic hydroxyl groups excluding tert-OH is 1. The maximum atomic E-state index is 9.77. The Kier molecular flexibility index (Phi) is 5.30. The molecule has 106 valence electrons. The van der Waals surface area contributed by atoms with Gasteiger partial charge in [-0.3, -0.25) is 0 Å². The summed E-state index contributed by atoms with van der Waals surface area (Å²) in [5.41, 5.74) is 1.06. The first kappa shape index (κ1) is 14.4. The van der Waals surface area contributed by atoms with E-state index in [0.717, 1.165) is 5.56 Å². The molecule has 1 aliphatic heterocycles. The second kappa shape index (κ2) is 6.98. The lowest BCUT2D eigenvalue weighted by molar-refractivity contribution is -0.274. The van der Waals surface area contributed by atoms with Gasteiger partial charge in [0.25, 0.3) is 0 Å². The molecule has 0 bridgehead atoms. The molecule has 0 spiro atoms. The zero-order valence-electron chi connectivity index (χ0n) is 11.2. The van der Waals surface area contributed by atoms with Crippen molar-refractivity contribution in [1.29, 1.82) is 0 Å². The molecule has 1 saturated heterocycles. The number of methoxy groups -OCH3 is 2. The number of rotatable bonds is 5. The second-order valence-electron chi connectivity index (χ2n) is 4.46. The number of ether oxygens (including phenoxy) is 4. The minimum atomic E-state index is -0.989. The van der Waals surface area contributed by atoms with E-state index in [1.807, 2.05) is 30.3 Å². The van der Waals surface area contributed by atoms with Crippen LogP contribution in [0.15, 0.2) is 30.3 Å². The highest BCUT2D eigenvalue weighted by molar-refractivity contribution is 5.13. The van der Waals surface area contributed by atoms with Crippen molar-refractivity contribution in [2.45, 2.75) is 31.2 Å². The highest BCUT2D eigenvalue weighted by Gasteiger charge is 2.41. The van der Waals surface area contributed by atoms with E-state index < -0.39 is 12.4 Å². The van der Waals surface area contributed by atoms with Gasteiger partial charge in [0.1, 0.15) is 18.3 Å². The topological polar surface area (TPSA) is 57.2 Å². The zero-order valence-corrected chi connectivity index (χ0v) is 11.2. The highest BCUT2D eigenvalue weighted by Crippen LogP contribution is 2.22. The van der Waals surface area contributed by atoms with Gasteiger partial charge in [-0.05, 0) is 5.56 Å². The van der Waals surface area contributed by atoms with Gasteiger partial charge in [0, 0.05) is 14.2 Å². The van der Waals surface area contributed by atoms with Gasteiger partial charge in [-0.15, -0.1) is 0 Å². The first-order chi connectivity index (χ1) is 9.26. The maximum Gasteiger partial charge on any atom is 0.183 e. The van der Waals surface area contributed by atoms with Crippen molar-refractivity contribution in [3.8, 4) is 0 Å². The lowest BCUT2D eigenvalue weighted by Crippen LogP contribution is -2.55. The van der Waals surface area contributed by atoms with E-state index >= 15 is 0 Å². The first-order valence-corrected chi connectivity index (χ1v) is 6.27. The van der Waals surface area contributed by atoms with Crippen LogP contribution in [0.3, 0.4) is 0 Å². The normalized spacial score (nSPS) is 31.3. The zero-order chi connectivity index (χ0) is 13.7. The average molecular weight is 268 g/mol. The molecule has 0 aliphatic carbocycles. The predicted molar refractivity (Wildman–Crippen MR) is 68.6 cm³/mol. The number of aliphatic hydroxyl groups is 1. The quantitative estimate of drug-likeness (QED) is 0.861. The second-order valence-corrected chi connectivity index (χ2v) is 4.46. The van der Waals surface area contributed by atoms with Crippen molar-refractivity contribution in [3.05, 3.63) is 35.9 Å². The van der Waals surface area contributed by atoms with E-state index in [0.29, 0.717) is 6.61 Å². The number of benzene rings is 1. The summed E-state index contributed by atoms with van der Waals surface area (Å²) in [6.07, 6.45) is -2.16. The summed E-state index contributed by atoms with van der Waals surface area (Å²) in [4.78, 5) is 0. The molecule has 1 N–H and O–H groups in total. The molecule has 1 aromatic rings. The molecule has 4 unspecified atom stereocenters. The number of hydrogen-bond donors (Lipinski definition) is 1. The Bertz CT molecular complexity index is 369. The molecule has 19 heavy (non-hydrogen) atoms. The van der Waals surface area contributed by atoms with Crippen LogP contribution in [0.25, 0.3) is 0 Å². The molecule has 1 heterocycles. The molecule has 0 amide bonds. The largest absolute Gasteiger partial charge is 0.376 e.